The smallest absolute Gasteiger partial charge is 0.340 e. The summed E-state index contributed by atoms with van der Waals surface area (Å²) in [5.74, 6) is -1.29. The first-order valence-electron chi connectivity index (χ1n) is 9.86. The number of nitrogens with one attached hydrogen (secondary N) is 2. The van der Waals surface area contributed by atoms with E-state index >= 15 is 0 Å². The highest BCUT2D eigenvalue weighted by Gasteiger charge is 2.43. The molecule has 2 heterocycles. The maximum Gasteiger partial charge on any atom is 0.340 e. The highest BCUT2D eigenvalue weighted by atomic mass is 16.5. The zero-order valence-corrected chi connectivity index (χ0v) is 16.6. The quantitative estimate of drug-likeness (QED) is 0.441. The summed E-state index contributed by atoms with van der Waals surface area (Å²) in [6.07, 6.45) is 5.06. The molecule has 0 bridgehead atoms. The van der Waals surface area contributed by atoms with E-state index in [0.717, 1.165) is 37.0 Å². The number of hydrogen-bond acceptors (Lipinski definition) is 5. The SMILES string of the molecule is CCOC(=O)c1c(C)[nH]c(C)c1C(=O)CN1C(=O)N[C@H](C2CCCCC2)C1=O. The van der Waals surface area contributed by atoms with Crippen molar-refractivity contribution < 1.29 is 23.9 Å². The molecule has 0 spiro atoms. The maximum absolute atomic E-state index is 12.9. The third-order valence-electron chi connectivity index (χ3n) is 5.61. The number of esters is 1. The standard InChI is InChI=1S/C20H27N3O5/c1-4-28-19(26)16-12(3)21-11(2)15(16)14(24)10-23-18(25)17(22-20(23)27)13-8-6-5-7-9-13/h13,17,21H,4-10H2,1-3H3,(H,22,27)/t17-/m1/s1. The molecular formula is C20H27N3O5. The Morgan fingerprint density at radius 1 is 1.07 bits per heavy atom. The fraction of sp³-hybridized carbons (Fsp3) is 0.600. The summed E-state index contributed by atoms with van der Waals surface area (Å²) in [6.45, 7) is 4.85. The monoisotopic (exact) mass is 389 g/mol. The minimum Gasteiger partial charge on any atom is -0.462 e. The van der Waals surface area contributed by atoms with Crippen molar-refractivity contribution in [1.29, 1.82) is 0 Å². The molecule has 1 aliphatic heterocycles. The summed E-state index contributed by atoms with van der Waals surface area (Å²) < 4.78 is 5.05. The van der Waals surface area contributed by atoms with Crippen molar-refractivity contribution in [2.24, 2.45) is 5.92 Å². The molecule has 8 nitrogen and oxygen atoms in total. The molecule has 1 saturated carbocycles. The van der Waals surface area contributed by atoms with Gasteiger partial charge < -0.3 is 15.0 Å². The van der Waals surface area contributed by atoms with Gasteiger partial charge in [0.25, 0.3) is 5.91 Å². The topological polar surface area (TPSA) is 109 Å². The van der Waals surface area contributed by atoms with E-state index in [1.54, 1.807) is 20.8 Å². The van der Waals surface area contributed by atoms with E-state index in [1.165, 1.54) is 0 Å². The normalized spacial score (nSPS) is 20.4. The van der Waals surface area contributed by atoms with Crippen molar-refractivity contribution in [2.75, 3.05) is 13.2 Å². The lowest BCUT2D eigenvalue weighted by Gasteiger charge is -2.25. The van der Waals surface area contributed by atoms with Crippen LogP contribution < -0.4 is 5.32 Å². The maximum atomic E-state index is 12.9. The summed E-state index contributed by atoms with van der Waals surface area (Å²) in [5, 5.41) is 2.74. The van der Waals surface area contributed by atoms with Crippen LogP contribution in [0.1, 0.15) is 71.1 Å². The van der Waals surface area contributed by atoms with E-state index in [-0.39, 0.29) is 29.6 Å². The number of H-pyrrole nitrogens is 1. The fourth-order valence-electron chi connectivity index (χ4n) is 4.29. The minimum absolute atomic E-state index is 0.122. The molecule has 28 heavy (non-hydrogen) atoms. The minimum atomic E-state index is -0.593. The second-order valence-electron chi connectivity index (χ2n) is 7.52. The predicted octanol–water partition coefficient (Wildman–Crippen LogP) is 2.49. The van der Waals surface area contributed by atoms with Crippen LogP contribution in [0.2, 0.25) is 0 Å². The number of aryl methyl sites for hydroxylation is 2. The number of urea groups is 1. The van der Waals surface area contributed by atoms with Gasteiger partial charge in [0, 0.05) is 11.4 Å². The summed E-state index contributed by atoms with van der Waals surface area (Å²) in [6, 6.07) is -1.10. The van der Waals surface area contributed by atoms with Crippen molar-refractivity contribution in [2.45, 2.75) is 58.9 Å². The largest absolute Gasteiger partial charge is 0.462 e. The Hall–Kier alpha value is -2.64. The first kappa shape index (κ1) is 20.1. The van der Waals surface area contributed by atoms with Crippen LogP contribution in [0.25, 0.3) is 0 Å². The average Bonchev–Trinajstić information content (AvgIpc) is 3.12. The van der Waals surface area contributed by atoms with Crippen LogP contribution in [0.3, 0.4) is 0 Å². The van der Waals surface area contributed by atoms with Crippen molar-refractivity contribution in [1.82, 2.24) is 15.2 Å². The Balaban J connectivity index is 1.79. The van der Waals surface area contributed by atoms with Crippen LogP contribution >= 0.6 is 0 Å². The van der Waals surface area contributed by atoms with Gasteiger partial charge in [-0.05, 0) is 39.5 Å². The molecule has 2 fully saturated rings. The number of carbonyl (C=O) groups is 4. The first-order chi connectivity index (χ1) is 13.3. The molecular weight excluding hydrogens is 362 g/mol. The number of carbonyl (C=O) groups excluding carboxylic acids is 4. The van der Waals surface area contributed by atoms with Crippen molar-refractivity contribution in [3.63, 3.8) is 0 Å². The van der Waals surface area contributed by atoms with E-state index in [4.69, 9.17) is 4.74 Å². The van der Waals surface area contributed by atoms with E-state index in [2.05, 4.69) is 10.3 Å². The zero-order valence-electron chi connectivity index (χ0n) is 16.6. The Morgan fingerprint density at radius 2 is 1.71 bits per heavy atom. The van der Waals surface area contributed by atoms with Crippen LogP contribution in [-0.2, 0) is 9.53 Å². The second kappa shape index (κ2) is 8.16. The number of imide groups is 1. The molecule has 3 amide bonds. The number of nitrogens with zero attached hydrogens (tertiary/aromatic N) is 1. The molecule has 8 heteroatoms. The number of ether oxygens (including phenoxy) is 1. The molecule has 1 aliphatic carbocycles. The van der Waals surface area contributed by atoms with Gasteiger partial charge in [-0.1, -0.05) is 19.3 Å². The van der Waals surface area contributed by atoms with Crippen LogP contribution in [0.15, 0.2) is 0 Å². The van der Waals surface area contributed by atoms with Gasteiger partial charge in [0.05, 0.1) is 24.3 Å². The van der Waals surface area contributed by atoms with Gasteiger partial charge in [0.1, 0.15) is 6.04 Å². The molecule has 1 aromatic rings. The molecule has 1 atom stereocenters. The van der Waals surface area contributed by atoms with Crippen LogP contribution in [-0.4, -0.2) is 52.8 Å². The predicted molar refractivity (Wildman–Crippen MR) is 101 cm³/mol. The summed E-state index contributed by atoms with van der Waals surface area (Å²) in [7, 11) is 0. The van der Waals surface area contributed by atoms with Gasteiger partial charge in [-0.2, -0.15) is 0 Å². The molecule has 1 aromatic heterocycles. The van der Waals surface area contributed by atoms with Gasteiger partial charge in [-0.25, -0.2) is 9.59 Å². The number of aromatic amines is 1. The van der Waals surface area contributed by atoms with Crippen molar-refractivity contribution in [3.8, 4) is 0 Å². The third-order valence-corrected chi connectivity index (χ3v) is 5.61. The van der Waals surface area contributed by atoms with Gasteiger partial charge in [0.15, 0.2) is 5.78 Å². The third kappa shape index (κ3) is 3.68. The molecule has 2 N–H and O–H groups in total. The number of ketones is 1. The molecule has 1 saturated heterocycles. The van der Waals surface area contributed by atoms with Gasteiger partial charge in [0.2, 0.25) is 0 Å². The van der Waals surface area contributed by atoms with Gasteiger partial charge >= 0.3 is 12.0 Å². The lowest BCUT2D eigenvalue weighted by atomic mass is 9.84. The van der Waals surface area contributed by atoms with Gasteiger partial charge in [-0.15, -0.1) is 0 Å². The summed E-state index contributed by atoms with van der Waals surface area (Å²) in [5.41, 5.74) is 1.39. The first-order valence-corrected chi connectivity index (χ1v) is 9.86. The highest BCUT2D eigenvalue weighted by Crippen LogP contribution is 2.29. The molecule has 0 unspecified atom stereocenters. The second-order valence-corrected chi connectivity index (χ2v) is 7.52. The zero-order chi connectivity index (χ0) is 20.4. The molecule has 152 valence electrons. The number of rotatable bonds is 6. The number of amides is 3. The Kier molecular flexibility index (Phi) is 5.86. The van der Waals surface area contributed by atoms with Crippen LogP contribution in [0.5, 0.6) is 0 Å². The van der Waals surface area contributed by atoms with Crippen molar-refractivity contribution in [3.05, 3.63) is 22.5 Å². The number of hydrogen-bond donors (Lipinski definition) is 2. The molecule has 3 rings (SSSR count). The van der Waals surface area contributed by atoms with E-state index in [9.17, 15) is 19.2 Å². The number of aromatic nitrogens is 1. The molecule has 2 aliphatic rings. The Morgan fingerprint density at radius 3 is 2.36 bits per heavy atom. The summed E-state index contributed by atoms with van der Waals surface area (Å²) >= 11 is 0. The van der Waals surface area contributed by atoms with Gasteiger partial charge in [-0.3, -0.25) is 14.5 Å². The Bertz CT molecular complexity index is 807. The fourth-order valence-corrected chi connectivity index (χ4v) is 4.29. The summed E-state index contributed by atoms with van der Waals surface area (Å²) in [4.78, 5) is 54.3. The average molecular weight is 389 g/mol. The lowest BCUT2D eigenvalue weighted by Crippen LogP contribution is -2.39. The van der Waals surface area contributed by atoms with E-state index in [1.807, 2.05) is 0 Å². The Labute approximate surface area is 164 Å². The molecule has 0 aromatic carbocycles. The highest BCUT2D eigenvalue weighted by molar-refractivity contribution is 6.13. The molecule has 0 radical (unpaired) electrons. The van der Waals surface area contributed by atoms with Crippen LogP contribution in [0.4, 0.5) is 4.79 Å². The number of Topliss-reactive ketones (excluding diaryl/α,β-unsaturated/α-hetero) is 1. The van der Waals surface area contributed by atoms with E-state index in [0.29, 0.717) is 11.4 Å². The van der Waals surface area contributed by atoms with E-state index < -0.39 is 30.4 Å². The van der Waals surface area contributed by atoms with Crippen molar-refractivity contribution >= 4 is 23.7 Å². The van der Waals surface area contributed by atoms with Crippen LogP contribution in [0, 0.1) is 19.8 Å². The lowest BCUT2D eigenvalue weighted by molar-refractivity contribution is -0.128.